The largest absolute Gasteiger partial charge is 0.345 e. The summed E-state index contributed by atoms with van der Waals surface area (Å²) in [7, 11) is 0. The summed E-state index contributed by atoms with van der Waals surface area (Å²) in [6.45, 7) is 2.57. The van der Waals surface area contributed by atoms with E-state index in [9.17, 15) is 14.4 Å². The predicted molar refractivity (Wildman–Crippen MR) is 92.5 cm³/mol. The molecule has 128 valence electrons. The van der Waals surface area contributed by atoms with Crippen LogP contribution in [0.5, 0.6) is 0 Å². The molecule has 3 N–H and O–H groups in total. The van der Waals surface area contributed by atoms with E-state index in [-0.39, 0.29) is 34.9 Å². The van der Waals surface area contributed by atoms with Gasteiger partial charge in [0.2, 0.25) is 5.91 Å². The fourth-order valence-electron chi connectivity index (χ4n) is 2.90. The van der Waals surface area contributed by atoms with E-state index in [1.165, 1.54) is 4.90 Å². The Bertz CT molecular complexity index is 673. The summed E-state index contributed by atoms with van der Waals surface area (Å²) < 4.78 is 0. The van der Waals surface area contributed by atoms with E-state index in [1.807, 2.05) is 13.0 Å². The highest BCUT2D eigenvalue weighted by Crippen LogP contribution is 2.39. The zero-order valence-corrected chi connectivity index (χ0v) is 14.4. The Labute approximate surface area is 145 Å². The van der Waals surface area contributed by atoms with Crippen molar-refractivity contribution in [1.82, 2.24) is 10.2 Å². The van der Waals surface area contributed by atoms with Crippen LogP contribution in [0.25, 0.3) is 0 Å². The third kappa shape index (κ3) is 3.47. The second kappa shape index (κ2) is 6.57. The number of nitrogens with two attached hydrogens (primary N) is 1. The van der Waals surface area contributed by atoms with Gasteiger partial charge in [0.05, 0.1) is 17.8 Å². The molecule has 24 heavy (non-hydrogen) atoms. The van der Waals surface area contributed by atoms with Crippen LogP contribution in [0, 0.1) is 5.92 Å². The van der Waals surface area contributed by atoms with Gasteiger partial charge in [0.1, 0.15) is 0 Å². The van der Waals surface area contributed by atoms with E-state index in [4.69, 9.17) is 5.73 Å². The summed E-state index contributed by atoms with van der Waals surface area (Å²) in [6.07, 6.45) is 2.18. The summed E-state index contributed by atoms with van der Waals surface area (Å²) in [5.74, 6) is 0.260. The van der Waals surface area contributed by atoms with Crippen molar-refractivity contribution in [3.05, 3.63) is 35.4 Å². The van der Waals surface area contributed by atoms with Gasteiger partial charge in [0.25, 0.3) is 11.1 Å². The normalized spacial score (nSPS) is 20.2. The molecule has 1 aromatic rings. The molecule has 2 fully saturated rings. The monoisotopic (exact) mass is 347 g/mol. The lowest BCUT2D eigenvalue weighted by Gasteiger charge is -2.29. The van der Waals surface area contributed by atoms with E-state index in [2.05, 4.69) is 5.32 Å². The molecular formula is C17H21N3O3S. The highest BCUT2D eigenvalue weighted by Gasteiger charge is 2.41. The first-order chi connectivity index (χ1) is 11.4. The van der Waals surface area contributed by atoms with Crippen LogP contribution in [0.3, 0.4) is 0 Å². The van der Waals surface area contributed by atoms with Crippen molar-refractivity contribution < 1.29 is 14.4 Å². The average molecular weight is 347 g/mol. The first kappa shape index (κ1) is 17.0. The van der Waals surface area contributed by atoms with E-state index in [0.717, 1.165) is 30.2 Å². The molecule has 0 spiro atoms. The van der Waals surface area contributed by atoms with Gasteiger partial charge in [-0.25, -0.2) is 0 Å². The van der Waals surface area contributed by atoms with E-state index in [1.54, 1.807) is 18.2 Å². The fourth-order valence-corrected chi connectivity index (χ4v) is 3.62. The molecule has 3 rings (SSSR count). The third-order valence-corrected chi connectivity index (χ3v) is 5.53. The summed E-state index contributed by atoms with van der Waals surface area (Å²) in [4.78, 5) is 37.2. The number of benzene rings is 1. The molecule has 3 amide bonds. The van der Waals surface area contributed by atoms with Crippen LogP contribution in [0.15, 0.2) is 24.3 Å². The van der Waals surface area contributed by atoms with Crippen LogP contribution in [0.2, 0.25) is 0 Å². The van der Waals surface area contributed by atoms with Crippen molar-refractivity contribution in [1.29, 1.82) is 0 Å². The smallest absolute Gasteiger partial charge is 0.289 e. The van der Waals surface area contributed by atoms with Crippen LogP contribution in [0.4, 0.5) is 4.79 Å². The number of nitrogens with zero attached hydrogens (tertiary/aromatic N) is 1. The Balaban J connectivity index is 1.71. The second-order valence-corrected chi connectivity index (χ2v) is 7.51. The molecule has 0 bridgehead atoms. The Kier molecular flexibility index (Phi) is 4.64. The summed E-state index contributed by atoms with van der Waals surface area (Å²) >= 11 is 1.01. The van der Waals surface area contributed by atoms with Gasteiger partial charge >= 0.3 is 0 Å². The van der Waals surface area contributed by atoms with Crippen LogP contribution >= 0.6 is 11.8 Å². The summed E-state index contributed by atoms with van der Waals surface area (Å²) in [6, 6.07) is 7.02. The Morgan fingerprint density at radius 1 is 1.42 bits per heavy atom. The number of imide groups is 1. The lowest BCUT2D eigenvalue weighted by molar-refractivity contribution is -0.125. The highest BCUT2D eigenvalue weighted by molar-refractivity contribution is 8.14. The van der Waals surface area contributed by atoms with E-state index in [0.29, 0.717) is 18.0 Å². The first-order valence-electron chi connectivity index (χ1n) is 8.01. The minimum absolute atomic E-state index is 0.176. The van der Waals surface area contributed by atoms with Gasteiger partial charge in [0, 0.05) is 12.1 Å². The van der Waals surface area contributed by atoms with Crippen molar-refractivity contribution in [3.8, 4) is 0 Å². The molecule has 1 saturated carbocycles. The number of nitrogens with one attached hydrogen (secondary N) is 1. The van der Waals surface area contributed by atoms with Gasteiger partial charge < -0.3 is 11.1 Å². The van der Waals surface area contributed by atoms with Crippen LogP contribution in [0.1, 0.15) is 35.7 Å². The third-order valence-electron chi connectivity index (χ3n) is 4.67. The van der Waals surface area contributed by atoms with Gasteiger partial charge in [0.15, 0.2) is 0 Å². The molecule has 7 heteroatoms. The number of hydrogen-bond acceptors (Lipinski definition) is 5. The second-order valence-electron chi connectivity index (χ2n) is 6.58. The Morgan fingerprint density at radius 3 is 2.75 bits per heavy atom. The van der Waals surface area contributed by atoms with Crippen LogP contribution in [-0.2, 0) is 11.3 Å². The van der Waals surface area contributed by atoms with Crippen molar-refractivity contribution in [2.75, 3.05) is 12.3 Å². The van der Waals surface area contributed by atoms with Gasteiger partial charge in [-0.05, 0) is 43.4 Å². The number of thioether (sulfide) groups is 1. The molecule has 1 aliphatic carbocycles. The minimum atomic E-state index is -0.384. The lowest BCUT2D eigenvalue weighted by Crippen LogP contribution is -2.53. The number of carbonyl (C=O) groups is 3. The molecule has 0 radical (unpaired) electrons. The van der Waals surface area contributed by atoms with Crippen LogP contribution < -0.4 is 11.1 Å². The summed E-state index contributed by atoms with van der Waals surface area (Å²) in [5.41, 5.74) is 6.73. The van der Waals surface area contributed by atoms with Crippen molar-refractivity contribution >= 4 is 28.8 Å². The molecule has 1 aliphatic heterocycles. The molecule has 1 saturated heterocycles. The zero-order valence-electron chi connectivity index (χ0n) is 13.6. The number of hydrogen-bond donors (Lipinski definition) is 2. The van der Waals surface area contributed by atoms with Crippen molar-refractivity contribution in [2.45, 2.75) is 31.8 Å². The van der Waals surface area contributed by atoms with Crippen molar-refractivity contribution in [3.63, 3.8) is 0 Å². The van der Waals surface area contributed by atoms with E-state index < -0.39 is 0 Å². The zero-order chi connectivity index (χ0) is 17.3. The van der Waals surface area contributed by atoms with Gasteiger partial charge in [-0.2, -0.15) is 0 Å². The Hall–Kier alpha value is -1.86. The lowest BCUT2D eigenvalue weighted by atomic mass is 9.95. The molecular weight excluding hydrogens is 326 g/mol. The van der Waals surface area contributed by atoms with Crippen LogP contribution in [-0.4, -0.2) is 39.8 Å². The Morgan fingerprint density at radius 2 is 2.17 bits per heavy atom. The molecule has 1 heterocycles. The topological polar surface area (TPSA) is 92.5 Å². The molecule has 1 aromatic carbocycles. The number of rotatable bonds is 6. The highest BCUT2D eigenvalue weighted by atomic mass is 32.2. The SMILES string of the molecule is CC(CN)(NC(=O)c1cccc(CN2C(=O)CSC2=O)c1)C1CC1. The maximum atomic E-state index is 12.6. The minimum Gasteiger partial charge on any atom is -0.345 e. The first-order valence-corrected chi connectivity index (χ1v) is 9.00. The predicted octanol–water partition coefficient (Wildman–Crippen LogP) is 1.74. The molecule has 1 unspecified atom stereocenters. The van der Waals surface area contributed by atoms with Crippen molar-refractivity contribution in [2.24, 2.45) is 11.7 Å². The van der Waals surface area contributed by atoms with Gasteiger partial charge in [-0.3, -0.25) is 19.3 Å². The molecule has 6 nitrogen and oxygen atoms in total. The maximum Gasteiger partial charge on any atom is 0.289 e. The standard InChI is InChI=1S/C17H21N3O3S/c1-17(10-18,13-5-6-13)19-15(22)12-4-2-3-11(7-12)8-20-14(21)9-24-16(20)23/h2-4,7,13H,5-6,8-10,18H2,1H3,(H,19,22). The van der Waals surface area contributed by atoms with E-state index >= 15 is 0 Å². The maximum absolute atomic E-state index is 12.6. The molecule has 2 aliphatic rings. The number of amides is 3. The van der Waals surface area contributed by atoms with Gasteiger partial charge in [-0.1, -0.05) is 23.9 Å². The fraction of sp³-hybridized carbons (Fsp3) is 0.471. The number of carbonyl (C=O) groups excluding carboxylic acids is 3. The van der Waals surface area contributed by atoms with Gasteiger partial charge in [-0.15, -0.1) is 0 Å². The molecule has 0 aromatic heterocycles. The summed E-state index contributed by atoms with van der Waals surface area (Å²) in [5, 5.41) is 2.81. The molecule has 1 atom stereocenters. The quantitative estimate of drug-likeness (QED) is 0.818. The average Bonchev–Trinajstić information content (AvgIpc) is 3.38.